The Bertz CT molecular complexity index is 295. The lowest BCUT2D eigenvalue weighted by molar-refractivity contribution is -0.130. The predicted octanol–water partition coefficient (Wildman–Crippen LogP) is 2.04. The first-order valence-corrected chi connectivity index (χ1v) is 6.36. The third-order valence-electron chi connectivity index (χ3n) is 2.74. The maximum absolute atomic E-state index is 11.9. The molecule has 0 fully saturated rings. The fraction of sp³-hybridized carbons (Fsp3) is 0.846. The number of amidine groups is 1. The minimum Gasteiger partial charge on any atom is -0.409 e. The molecular weight excluding hydrogens is 230 g/mol. The maximum atomic E-state index is 11.9. The highest BCUT2D eigenvalue weighted by atomic mass is 16.4. The van der Waals surface area contributed by atoms with Gasteiger partial charge in [-0.25, -0.2) is 0 Å². The van der Waals surface area contributed by atoms with Gasteiger partial charge in [0.25, 0.3) is 0 Å². The van der Waals surface area contributed by atoms with Crippen LogP contribution in [0.2, 0.25) is 0 Å². The van der Waals surface area contributed by atoms with Crippen LogP contribution in [0.1, 0.15) is 47.0 Å². The molecule has 0 heterocycles. The summed E-state index contributed by atoms with van der Waals surface area (Å²) >= 11 is 0. The highest BCUT2D eigenvalue weighted by Gasteiger charge is 2.19. The number of nitrogens with zero attached hydrogens (tertiary/aromatic N) is 2. The molecule has 0 bridgehead atoms. The number of nitrogens with two attached hydrogens (primary N) is 1. The number of hydrogen-bond acceptors (Lipinski definition) is 3. The third kappa shape index (κ3) is 7.92. The Labute approximate surface area is 110 Å². The highest BCUT2D eigenvalue weighted by molar-refractivity contribution is 5.81. The topological polar surface area (TPSA) is 78.9 Å². The predicted molar refractivity (Wildman–Crippen MR) is 73.5 cm³/mol. The molecule has 0 saturated carbocycles. The summed E-state index contributed by atoms with van der Waals surface area (Å²) in [5.74, 6) is 0.624. The first-order valence-electron chi connectivity index (χ1n) is 6.36. The summed E-state index contributed by atoms with van der Waals surface area (Å²) in [6.45, 7) is 9.11. The van der Waals surface area contributed by atoms with Crippen LogP contribution in [0.3, 0.4) is 0 Å². The van der Waals surface area contributed by atoms with E-state index in [1.54, 1.807) is 11.9 Å². The molecular formula is C13H27N3O2. The first kappa shape index (κ1) is 16.7. The van der Waals surface area contributed by atoms with Crippen molar-refractivity contribution in [2.24, 2.45) is 22.2 Å². The van der Waals surface area contributed by atoms with Gasteiger partial charge in [-0.2, -0.15) is 0 Å². The zero-order valence-corrected chi connectivity index (χ0v) is 12.2. The molecule has 1 atom stereocenters. The average Bonchev–Trinajstić information content (AvgIpc) is 2.22. The van der Waals surface area contributed by atoms with Crippen molar-refractivity contribution in [3.63, 3.8) is 0 Å². The quantitative estimate of drug-likeness (QED) is 0.331. The average molecular weight is 257 g/mol. The van der Waals surface area contributed by atoms with Crippen LogP contribution in [-0.2, 0) is 4.79 Å². The van der Waals surface area contributed by atoms with Gasteiger partial charge in [0.1, 0.15) is 5.84 Å². The van der Waals surface area contributed by atoms with E-state index < -0.39 is 0 Å². The molecule has 0 aromatic carbocycles. The van der Waals surface area contributed by atoms with Gasteiger partial charge in [0, 0.05) is 26.4 Å². The van der Waals surface area contributed by atoms with Gasteiger partial charge in [-0.15, -0.1) is 0 Å². The number of rotatable bonds is 6. The van der Waals surface area contributed by atoms with Crippen molar-refractivity contribution < 1.29 is 10.0 Å². The fourth-order valence-corrected chi connectivity index (χ4v) is 2.03. The SMILES string of the molecule is CC(CC(=O)N(C)CC/C(N)=N/O)CC(C)(C)C. The van der Waals surface area contributed by atoms with Crippen LogP contribution in [0.15, 0.2) is 5.16 Å². The Kier molecular flexibility index (Phi) is 6.73. The Balaban J connectivity index is 4.08. The summed E-state index contributed by atoms with van der Waals surface area (Å²) in [6, 6.07) is 0. The molecule has 0 aromatic heterocycles. The van der Waals surface area contributed by atoms with E-state index >= 15 is 0 Å². The van der Waals surface area contributed by atoms with Crippen molar-refractivity contribution in [1.29, 1.82) is 0 Å². The molecule has 0 spiro atoms. The van der Waals surface area contributed by atoms with Crippen molar-refractivity contribution in [2.75, 3.05) is 13.6 Å². The number of carbonyl (C=O) groups excluding carboxylic acids is 1. The summed E-state index contributed by atoms with van der Waals surface area (Å²) in [7, 11) is 1.75. The van der Waals surface area contributed by atoms with E-state index in [1.165, 1.54) is 0 Å². The summed E-state index contributed by atoms with van der Waals surface area (Å²) in [5, 5.41) is 11.3. The second-order valence-electron chi connectivity index (χ2n) is 6.23. The number of hydrogen-bond donors (Lipinski definition) is 2. The van der Waals surface area contributed by atoms with Gasteiger partial charge in [-0.05, 0) is 17.8 Å². The van der Waals surface area contributed by atoms with Gasteiger partial charge >= 0.3 is 0 Å². The lowest BCUT2D eigenvalue weighted by atomic mass is 9.84. The highest BCUT2D eigenvalue weighted by Crippen LogP contribution is 2.26. The van der Waals surface area contributed by atoms with E-state index in [0.29, 0.717) is 25.3 Å². The molecule has 106 valence electrons. The molecule has 0 radical (unpaired) electrons. The van der Waals surface area contributed by atoms with Crippen LogP contribution in [-0.4, -0.2) is 35.4 Å². The molecule has 0 aliphatic carbocycles. The number of amides is 1. The minimum atomic E-state index is 0.109. The van der Waals surface area contributed by atoms with Crippen LogP contribution in [0.4, 0.5) is 0 Å². The molecule has 1 unspecified atom stereocenters. The molecule has 18 heavy (non-hydrogen) atoms. The lowest BCUT2D eigenvalue weighted by Gasteiger charge is -2.24. The van der Waals surface area contributed by atoms with E-state index in [-0.39, 0.29) is 17.2 Å². The van der Waals surface area contributed by atoms with Crippen molar-refractivity contribution in [3.05, 3.63) is 0 Å². The number of carbonyl (C=O) groups is 1. The van der Waals surface area contributed by atoms with E-state index in [0.717, 1.165) is 6.42 Å². The monoisotopic (exact) mass is 257 g/mol. The molecule has 0 saturated heterocycles. The molecule has 5 nitrogen and oxygen atoms in total. The van der Waals surface area contributed by atoms with E-state index in [4.69, 9.17) is 10.9 Å². The summed E-state index contributed by atoms with van der Waals surface area (Å²) in [6.07, 6.45) is 1.96. The molecule has 0 aromatic rings. The van der Waals surface area contributed by atoms with Crippen molar-refractivity contribution in [2.45, 2.75) is 47.0 Å². The van der Waals surface area contributed by atoms with Crippen LogP contribution in [0.25, 0.3) is 0 Å². The van der Waals surface area contributed by atoms with Crippen LogP contribution < -0.4 is 5.73 Å². The Hall–Kier alpha value is -1.26. The summed E-state index contributed by atoms with van der Waals surface area (Å²) in [5.41, 5.74) is 5.61. The molecule has 0 aliphatic rings. The van der Waals surface area contributed by atoms with Crippen molar-refractivity contribution in [3.8, 4) is 0 Å². The zero-order chi connectivity index (χ0) is 14.3. The van der Waals surface area contributed by atoms with Gasteiger partial charge in [0.15, 0.2) is 0 Å². The minimum absolute atomic E-state index is 0.109. The first-order chi connectivity index (χ1) is 8.15. The van der Waals surface area contributed by atoms with Crippen LogP contribution >= 0.6 is 0 Å². The summed E-state index contributed by atoms with van der Waals surface area (Å²) in [4.78, 5) is 13.6. The maximum Gasteiger partial charge on any atom is 0.222 e. The molecule has 3 N–H and O–H groups in total. The van der Waals surface area contributed by atoms with Crippen molar-refractivity contribution in [1.82, 2.24) is 4.90 Å². The molecule has 1 amide bonds. The largest absolute Gasteiger partial charge is 0.409 e. The standard InChI is InChI=1S/C13H27N3O2/c1-10(9-13(2,3)4)8-12(17)16(5)7-6-11(14)15-18/h10,18H,6-9H2,1-5H3,(H2,14,15). The molecule has 5 heteroatoms. The van der Waals surface area contributed by atoms with Gasteiger partial charge < -0.3 is 15.8 Å². The van der Waals surface area contributed by atoms with Gasteiger partial charge in [0.05, 0.1) is 0 Å². The molecule has 0 aliphatic heterocycles. The Morgan fingerprint density at radius 1 is 1.44 bits per heavy atom. The smallest absolute Gasteiger partial charge is 0.222 e. The normalized spacial score (nSPS) is 14.4. The third-order valence-corrected chi connectivity index (χ3v) is 2.74. The summed E-state index contributed by atoms with van der Waals surface area (Å²) < 4.78 is 0. The molecule has 0 rings (SSSR count). The van der Waals surface area contributed by atoms with E-state index in [1.807, 2.05) is 0 Å². The fourth-order valence-electron chi connectivity index (χ4n) is 2.03. The van der Waals surface area contributed by atoms with Gasteiger partial charge in [-0.1, -0.05) is 32.9 Å². The second-order valence-corrected chi connectivity index (χ2v) is 6.23. The Morgan fingerprint density at radius 3 is 2.44 bits per heavy atom. The lowest BCUT2D eigenvalue weighted by Crippen LogP contribution is -2.32. The van der Waals surface area contributed by atoms with Crippen LogP contribution in [0.5, 0.6) is 0 Å². The Morgan fingerprint density at radius 2 is 2.00 bits per heavy atom. The van der Waals surface area contributed by atoms with Crippen LogP contribution in [0, 0.1) is 11.3 Å². The van der Waals surface area contributed by atoms with Crippen molar-refractivity contribution >= 4 is 11.7 Å². The van der Waals surface area contributed by atoms with Gasteiger partial charge in [-0.3, -0.25) is 4.79 Å². The van der Waals surface area contributed by atoms with Gasteiger partial charge in [0.2, 0.25) is 5.91 Å². The van der Waals surface area contributed by atoms with E-state index in [9.17, 15) is 4.79 Å². The second kappa shape index (κ2) is 7.24. The van der Waals surface area contributed by atoms with E-state index in [2.05, 4.69) is 32.9 Å². The number of oxime groups is 1. The zero-order valence-electron chi connectivity index (χ0n) is 12.2.